The lowest BCUT2D eigenvalue weighted by molar-refractivity contribution is -0.151. The number of aryl methyl sites for hydroxylation is 1. The largest absolute Gasteiger partial charge is 0.497 e. The number of piperidine rings is 1. The number of benzene rings is 1. The minimum atomic E-state index is -0.332. The summed E-state index contributed by atoms with van der Waals surface area (Å²) in [6, 6.07) is 7.50. The maximum absolute atomic E-state index is 12.5. The van der Waals surface area contributed by atoms with E-state index in [-0.39, 0.29) is 41.9 Å². The summed E-state index contributed by atoms with van der Waals surface area (Å²) in [5, 5.41) is 8.14. The third-order valence-corrected chi connectivity index (χ3v) is 5.36. The van der Waals surface area contributed by atoms with Crippen molar-refractivity contribution in [1.29, 1.82) is 0 Å². The highest BCUT2D eigenvalue weighted by Crippen LogP contribution is 2.19. The summed E-state index contributed by atoms with van der Waals surface area (Å²) in [4.78, 5) is 41.1. The summed E-state index contributed by atoms with van der Waals surface area (Å²) >= 11 is 0. The van der Waals surface area contributed by atoms with E-state index in [2.05, 4.69) is 15.2 Å². The Morgan fingerprint density at radius 3 is 2.68 bits per heavy atom. The monoisotopic (exact) mass is 428 g/mol. The van der Waals surface area contributed by atoms with Crippen molar-refractivity contribution in [1.82, 2.24) is 20.1 Å². The number of aromatic nitrogens is 3. The molecule has 0 radical (unpaired) electrons. The van der Waals surface area contributed by atoms with Crippen molar-refractivity contribution in [3.8, 4) is 5.75 Å². The summed E-state index contributed by atoms with van der Waals surface area (Å²) in [5.41, 5.74) is 0.851. The highest BCUT2D eigenvalue weighted by molar-refractivity contribution is 5.77. The van der Waals surface area contributed by atoms with Crippen LogP contribution in [0.15, 0.2) is 29.1 Å². The van der Waals surface area contributed by atoms with Crippen LogP contribution in [0.4, 0.5) is 0 Å². The number of aromatic amines is 1. The summed E-state index contributed by atoms with van der Waals surface area (Å²) in [5.74, 6) is 0.799. The third kappa shape index (κ3) is 6.13. The first-order valence-corrected chi connectivity index (χ1v) is 10.5. The highest BCUT2D eigenvalue weighted by atomic mass is 16.5. The Bertz CT molecular complexity index is 966. The second-order valence-electron chi connectivity index (χ2n) is 7.48. The van der Waals surface area contributed by atoms with Gasteiger partial charge in [-0.3, -0.25) is 14.4 Å². The number of nitrogens with one attached hydrogen (secondary N) is 1. The smallest absolute Gasteiger partial charge is 0.309 e. The number of carbonyl (C=O) groups excluding carboxylic acids is 2. The molecule has 0 atom stereocenters. The second kappa shape index (κ2) is 10.7. The fourth-order valence-electron chi connectivity index (χ4n) is 3.62. The number of hydrogen-bond donors (Lipinski definition) is 1. The van der Waals surface area contributed by atoms with E-state index >= 15 is 0 Å². The summed E-state index contributed by atoms with van der Waals surface area (Å²) in [7, 11) is 1.60. The molecule has 166 valence electrons. The molecule has 1 saturated heterocycles. The molecule has 3 rings (SSSR count). The number of esters is 1. The molecular weight excluding hydrogens is 400 g/mol. The first-order valence-electron chi connectivity index (χ1n) is 10.5. The molecule has 0 unspecified atom stereocenters. The van der Waals surface area contributed by atoms with Crippen molar-refractivity contribution >= 4 is 11.9 Å². The van der Waals surface area contributed by atoms with Gasteiger partial charge in [-0.2, -0.15) is 0 Å². The van der Waals surface area contributed by atoms with Crippen LogP contribution in [0.3, 0.4) is 0 Å². The third-order valence-electron chi connectivity index (χ3n) is 5.36. The van der Waals surface area contributed by atoms with Crippen LogP contribution in [0.2, 0.25) is 0 Å². The maximum Gasteiger partial charge on any atom is 0.309 e. The molecule has 1 fully saturated rings. The molecule has 0 saturated carbocycles. The maximum atomic E-state index is 12.5. The number of nitrogens with zero attached hydrogens (tertiary/aromatic N) is 3. The van der Waals surface area contributed by atoms with Crippen molar-refractivity contribution < 1.29 is 19.1 Å². The quantitative estimate of drug-likeness (QED) is 0.634. The Labute approximate surface area is 180 Å². The van der Waals surface area contributed by atoms with E-state index in [1.165, 1.54) is 0 Å². The van der Waals surface area contributed by atoms with Crippen molar-refractivity contribution in [2.75, 3.05) is 26.8 Å². The van der Waals surface area contributed by atoms with Crippen LogP contribution in [0, 0.1) is 5.92 Å². The molecule has 1 aromatic carbocycles. The lowest BCUT2D eigenvalue weighted by atomic mass is 9.96. The Morgan fingerprint density at radius 2 is 2.00 bits per heavy atom. The lowest BCUT2D eigenvalue weighted by Gasteiger charge is -2.30. The average molecular weight is 428 g/mol. The van der Waals surface area contributed by atoms with E-state index in [1.54, 1.807) is 18.9 Å². The number of hydrogen-bond acceptors (Lipinski definition) is 7. The number of carbonyl (C=O) groups is 2. The molecule has 1 N–H and O–H groups in total. The van der Waals surface area contributed by atoms with Gasteiger partial charge in [0.25, 0.3) is 5.56 Å². The van der Waals surface area contributed by atoms with Crippen molar-refractivity contribution in [3.05, 3.63) is 51.7 Å². The molecular formula is C22H28N4O5. The van der Waals surface area contributed by atoms with E-state index in [1.807, 2.05) is 24.3 Å². The molecule has 31 heavy (non-hydrogen) atoms. The molecule has 1 aliphatic heterocycles. The van der Waals surface area contributed by atoms with Gasteiger partial charge in [-0.1, -0.05) is 12.1 Å². The number of rotatable bonds is 8. The molecule has 9 nitrogen and oxygen atoms in total. The fourth-order valence-corrected chi connectivity index (χ4v) is 3.62. The van der Waals surface area contributed by atoms with Gasteiger partial charge in [0.2, 0.25) is 5.91 Å². The SMILES string of the molecule is CCOC(=O)C1CCN(C(=O)CCc2nnc(Cc3cccc(OC)c3)[nH]c2=O)CC1. The average Bonchev–Trinajstić information content (AvgIpc) is 2.78. The van der Waals surface area contributed by atoms with Gasteiger partial charge in [0.15, 0.2) is 0 Å². The number of methoxy groups -OCH3 is 1. The van der Waals surface area contributed by atoms with Gasteiger partial charge in [-0.15, -0.1) is 10.2 Å². The summed E-state index contributed by atoms with van der Waals surface area (Å²) < 4.78 is 10.3. The Morgan fingerprint density at radius 1 is 1.23 bits per heavy atom. The van der Waals surface area contributed by atoms with Gasteiger partial charge in [0, 0.05) is 32.4 Å². The minimum Gasteiger partial charge on any atom is -0.497 e. The van der Waals surface area contributed by atoms with Crippen LogP contribution in [0.25, 0.3) is 0 Å². The molecule has 0 bridgehead atoms. The Hall–Kier alpha value is -3.23. The highest BCUT2D eigenvalue weighted by Gasteiger charge is 2.28. The minimum absolute atomic E-state index is 0.0519. The number of amides is 1. The van der Waals surface area contributed by atoms with Gasteiger partial charge in [-0.25, -0.2) is 0 Å². The van der Waals surface area contributed by atoms with Crippen molar-refractivity contribution in [2.24, 2.45) is 5.92 Å². The van der Waals surface area contributed by atoms with E-state index in [4.69, 9.17) is 9.47 Å². The van der Waals surface area contributed by atoms with Gasteiger partial charge in [-0.05, 0) is 37.5 Å². The number of ether oxygens (including phenoxy) is 2. The normalized spacial score (nSPS) is 14.3. The molecule has 0 aliphatic carbocycles. The van der Waals surface area contributed by atoms with Crippen LogP contribution in [-0.4, -0.2) is 58.8 Å². The zero-order chi connectivity index (χ0) is 22.2. The van der Waals surface area contributed by atoms with Crippen molar-refractivity contribution in [2.45, 2.75) is 39.0 Å². The van der Waals surface area contributed by atoms with E-state index in [0.717, 1.165) is 11.3 Å². The molecule has 1 amide bonds. The van der Waals surface area contributed by atoms with E-state index < -0.39 is 0 Å². The molecule has 1 aromatic heterocycles. The first kappa shape index (κ1) is 22.5. The van der Waals surface area contributed by atoms with Gasteiger partial charge < -0.3 is 19.4 Å². The van der Waals surface area contributed by atoms with Crippen molar-refractivity contribution in [3.63, 3.8) is 0 Å². The van der Waals surface area contributed by atoms with Gasteiger partial charge >= 0.3 is 5.97 Å². The summed E-state index contributed by atoms with van der Waals surface area (Å²) in [6.45, 7) is 3.19. The van der Waals surface area contributed by atoms with E-state index in [0.29, 0.717) is 44.8 Å². The number of likely N-dealkylation sites (tertiary alicyclic amines) is 1. The standard InChI is InChI=1S/C22H28N4O5/c1-3-31-22(29)16-9-11-26(12-10-16)20(27)8-7-18-21(28)23-19(25-24-18)14-15-5-4-6-17(13-15)30-2/h4-6,13,16H,3,7-12,14H2,1-2H3,(H,23,25,28). The molecule has 1 aliphatic rings. The van der Waals surface area contributed by atoms with Gasteiger partial charge in [0.1, 0.15) is 17.3 Å². The molecule has 2 heterocycles. The zero-order valence-electron chi connectivity index (χ0n) is 17.9. The Kier molecular flexibility index (Phi) is 7.75. The van der Waals surface area contributed by atoms with Crippen LogP contribution >= 0.6 is 0 Å². The van der Waals surface area contributed by atoms with Crippen LogP contribution in [0.1, 0.15) is 43.3 Å². The second-order valence-corrected chi connectivity index (χ2v) is 7.48. The first-order chi connectivity index (χ1) is 15.0. The fraction of sp³-hybridized carbons (Fsp3) is 0.500. The lowest BCUT2D eigenvalue weighted by Crippen LogP contribution is -2.40. The van der Waals surface area contributed by atoms with Crippen LogP contribution < -0.4 is 10.3 Å². The van der Waals surface area contributed by atoms with Crippen LogP contribution in [0.5, 0.6) is 5.75 Å². The molecule has 9 heteroatoms. The van der Waals surface area contributed by atoms with Crippen LogP contribution in [-0.2, 0) is 27.2 Å². The summed E-state index contributed by atoms with van der Waals surface area (Å²) in [6.07, 6.45) is 2.03. The molecule has 0 spiro atoms. The molecule has 2 aromatic rings. The van der Waals surface area contributed by atoms with Gasteiger partial charge in [0.05, 0.1) is 19.6 Å². The topological polar surface area (TPSA) is 114 Å². The Balaban J connectivity index is 1.51. The predicted octanol–water partition coefficient (Wildman–Crippen LogP) is 1.50. The van der Waals surface area contributed by atoms with E-state index in [9.17, 15) is 14.4 Å². The predicted molar refractivity (Wildman–Crippen MR) is 113 cm³/mol. The zero-order valence-corrected chi connectivity index (χ0v) is 17.9. The number of H-pyrrole nitrogens is 1.